The van der Waals surface area contributed by atoms with Gasteiger partial charge in [0, 0.05) is 13.1 Å². The highest BCUT2D eigenvalue weighted by atomic mass is 16.5. The summed E-state index contributed by atoms with van der Waals surface area (Å²) in [5.41, 5.74) is 1.16. The van der Waals surface area contributed by atoms with Gasteiger partial charge in [-0.15, -0.1) is 0 Å². The first-order valence-electron chi connectivity index (χ1n) is 7.75. The molecule has 4 heteroatoms. The lowest BCUT2D eigenvalue weighted by Crippen LogP contribution is -2.39. The van der Waals surface area contributed by atoms with E-state index in [-0.39, 0.29) is 5.91 Å². The number of aryl methyl sites for hydroxylation is 1. The normalized spacial score (nSPS) is 15.8. The van der Waals surface area contributed by atoms with Crippen LogP contribution >= 0.6 is 0 Å². The molecule has 1 aliphatic heterocycles. The van der Waals surface area contributed by atoms with Gasteiger partial charge in [-0.2, -0.15) is 0 Å². The number of amides is 1. The lowest BCUT2D eigenvalue weighted by atomic mass is 9.97. The van der Waals surface area contributed by atoms with Gasteiger partial charge in [0.15, 0.2) is 5.76 Å². The van der Waals surface area contributed by atoms with Crippen molar-refractivity contribution in [2.75, 3.05) is 19.7 Å². The monoisotopic (exact) mass is 299 g/mol. The standard InChI is InChI=1S/C18H21NO3/c1-14-5-2-3-6-16(14)22-13-15-8-10-19(11-9-15)18(20)17-7-4-12-21-17/h2-7,12,15H,8-11,13H2,1H3. The topological polar surface area (TPSA) is 42.7 Å². The van der Waals surface area contributed by atoms with Gasteiger partial charge in [-0.1, -0.05) is 18.2 Å². The Hall–Kier alpha value is -2.23. The fourth-order valence-corrected chi connectivity index (χ4v) is 2.78. The highest BCUT2D eigenvalue weighted by molar-refractivity contribution is 5.91. The second-order valence-electron chi connectivity index (χ2n) is 5.79. The molecule has 0 radical (unpaired) electrons. The number of nitrogens with zero attached hydrogens (tertiary/aromatic N) is 1. The Morgan fingerprint density at radius 3 is 2.68 bits per heavy atom. The molecule has 0 saturated carbocycles. The number of para-hydroxylation sites is 1. The highest BCUT2D eigenvalue weighted by Gasteiger charge is 2.25. The van der Waals surface area contributed by atoms with E-state index in [1.807, 2.05) is 23.1 Å². The summed E-state index contributed by atoms with van der Waals surface area (Å²) in [6, 6.07) is 11.5. The molecule has 4 nitrogen and oxygen atoms in total. The number of furan rings is 1. The molecular weight excluding hydrogens is 278 g/mol. The van der Waals surface area contributed by atoms with Crippen LogP contribution in [0.2, 0.25) is 0 Å². The number of rotatable bonds is 4. The minimum absolute atomic E-state index is 0.0109. The smallest absolute Gasteiger partial charge is 0.289 e. The molecule has 0 unspecified atom stereocenters. The summed E-state index contributed by atoms with van der Waals surface area (Å²) in [6.45, 7) is 4.30. The van der Waals surface area contributed by atoms with Crippen LogP contribution in [0.1, 0.15) is 29.0 Å². The number of piperidine rings is 1. The second-order valence-corrected chi connectivity index (χ2v) is 5.79. The van der Waals surface area contributed by atoms with E-state index in [1.54, 1.807) is 12.1 Å². The Bertz CT molecular complexity index is 613. The number of benzene rings is 1. The molecule has 0 spiro atoms. The van der Waals surface area contributed by atoms with Gasteiger partial charge in [0.05, 0.1) is 12.9 Å². The van der Waals surface area contributed by atoms with Crippen molar-refractivity contribution in [3.63, 3.8) is 0 Å². The molecule has 0 atom stereocenters. The molecule has 1 aliphatic rings. The lowest BCUT2D eigenvalue weighted by Gasteiger charge is -2.31. The fraction of sp³-hybridized carbons (Fsp3) is 0.389. The van der Waals surface area contributed by atoms with Crippen LogP contribution in [0.4, 0.5) is 0 Å². The van der Waals surface area contributed by atoms with Crippen LogP contribution in [0.15, 0.2) is 47.1 Å². The second kappa shape index (κ2) is 6.69. The Labute approximate surface area is 130 Å². The molecule has 1 saturated heterocycles. The third-order valence-corrected chi connectivity index (χ3v) is 4.20. The summed E-state index contributed by atoms with van der Waals surface area (Å²) in [5.74, 6) is 1.87. The molecule has 1 aromatic carbocycles. The SMILES string of the molecule is Cc1ccccc1OCC1CCN(C(=O)c2ccco2)CC1. The van der Waals surface area contributed by atoms with Crippen molar-refractivity contribution in [1.29, 1.82) is 0 Å². The predicted octanol–water partition coefficient (Wildman–Crippen LogP) is 3.52. The zero-order valence-corrected chi connectivity index (χ0v) is 12.8. The molecule has 0 N–H and O–H groups in total. The zero-order valence-electron chi connectivity index (χ0n) is 12.8. The van der Waals surface area contributed by atoms with E-state index in [2.05, 4.69) is 13.0 Å². The number of hydrogen-bond acceptors (Lipinski definition) is 3. The quantitative estimate of drug-likeness (QED) is 0.867. The minimum Gasteiger partial charge on any atom is -0.493 e. The van der Waals surface area contributed by atoms with Crippen molar-refractivity contribution in [3.05, 3.63) is 54.0 Å². The van der Waals surface area contributed by atoms with Crippen molar-refractivity contribution < 1.29 is 13.9 Å². The molecule has 1 amide bonds. The molecule has 2 aromatic rings. The summed E-state index contributed by atoms with van der Waals surface area (Å²) in [7, 11) is 0. The van der Waals surface area contributed by atoms with Crippen molar-refractivity contribution in [1.82, 2.24) is 4.90 Å². The van der Waals surface area contributed by atoms with E-state index in [9.17, 15) is 4.79 Å². The van der Waals surface area contributed by atoms with Crippen LogP contribution in [0.25, 0.3) is 0 Å². The molecule has 0 aliphatic carbocycles. The predicted molar refractivity (Wildman–Crippen MR) is 84.0 cm³/mol. The van der Waals surface area contributed by atoms with Crippen LogP contribution < -0.4 is 4.74 Å². The molecule has 1 aromatic heterocycles. The van der Waals surface area contributed by atoms with Gasteiger partial charge in [0.2, 0.25) is 0 Å². The minimum atomic E-state index is -0.0109. The van der Waals surface area contributed by atoms with Crippen LogP contribution in [0.3, 0.4) is 0 Å². The van der Waals surface area contributed by atoms with Crippen LogP contribution in [-0.4, -0.2) is 30.5 Å². The van der Waals surface area contributed by atoms with Gasteiger partial charge in [0.25, 0.3) is 5.91 Å². The lowest BCUT2D eigenvalue weighted by molar-refractivity contribution is 0.0630. The Morgan fingerprint density at radius 1 is 1.23 bits per heavy atom. The first-order valence-corrected chi connectivity index (χ1v) is 7.75. The summed E-state index contributed by atoms with van der Waals surface area (Å²) < 4.78 is 11.1. The van der Waals surface area contributed by atoms with E-state index < -0.39 is 0 Å². The van der Waals surface area contributed by atoms with Crippen molar-refractivity contribution in [2.45, 2.75) is 19.8 Å². The average Bonchev–Trinajstić information content (AvgIpc) is 3.08. The maximum atomic E-state index is 12.2. The number of carbonyl (C=O) groups excluding carboxylic acids is 1. The average molecular weight is 299 g/mol. The summed E-state index contributed by atoms with van der Waals surface area (Å²) in [5, 5.41) is 0. The first kappa shape index (κ1) is 14.7. The Balaban J connectivity index is 1.48. The van der Waals surface area contributed by atoms with Crippen molar-refractivity contribution in [2.24, 2.45) is 5.92 Å². The van der Waals surface area contributed by atoms with Crippen LogP contribution in [0.5, 0.6) is 5.75 Å². The van der Waals surface area contributed by atoms with Gasteiger partial charge in [0.1, 0.15) is 5.75 Å². The van der Waals surface area contributed by atoms with E-state index in [4.69, 9.17) is 9.15 Å². The van der Waals surface area contributed by atoms with Crippen molar-refractivity contribution >= 4 is 5.91 Å². The van der Waals surface area contributed by atoms with Crippen LogP contribution in [-0.2, 0) is 0 Å². The molecule has 2 heterocycles. The summed E-state index contributed by atoms with van der Waals surface area (Å²) in [6.07, 6.45) is 3.48. The number of hydrogen-bond donors (Lipinski definition) is 0. The number of carbonyl (C=O) groups is 1. The Morgan fingerprint density at radius 2 is 2.00 bits per heavy atom. The molecule has 3 rings (SSSR count). The highest BCUT2D eigenvalue weighted by Crippen LogP contribution is 2.22. The molecule has 1 fully saturated rings. The maximum absolute atomic E-state index is 12.2. The molecule has 0 bridgehead atoms. The summed E-state index contributed by atoms with van der Waals surface area (Å²) in [4.78, 5) is 14.1. The molecule has 22 heavy (non-hydrogen) atoms. The number of ether oxygens (including phenoxy) is 1. The first-order chi connectivity index (χ1) is 10.7. The third kappa shape index (κ3) is 3.32. The van der Waals surface area contributed by atoms with E-state index in [0.29, 0.717) is 18.3 Å². The van der Waals surface area contributed by atoms with Gasteiger partial charge in [-0.25, -0.2) is 0 Å². The van der Waals surface area contributed by atoms with E-state index in [0.717, 1.165) is 37.2 Å². The maximum Gasteiger partial charge on any atom is 0.289 e. The zero-order chi connectivity index (χ0) is 15.4. The van der Waals surface area contributed by atoms with E-state index >= 15 is 0 Å². The number of likely N-dealkylation sites (tertiary alicyclic amines) is 1. The van der Waals surface area contributed by atoms with Gasteiger partial charge >= 0.3 is 0 Å². The Kier molecular flexibility index (Phi) is 4.47. The third-order valence-electron chi connectivity index (χ3n) is 4.20. The molecular formula is C18H21NO3. The van der Waals surface area contributed by atoms with E-state index in [1.165, 1.54) is 6.26 Å². The van der Waals surface area contributed by atoms with Gasteiger partial charge < -0.3 is 14.1 Å². The van der Waals surface area contributed by atoms with Crippen molar-refractivity contribution in [3.8, 4) is 5.75 Å². The van der Waals surface area contributed by atoms with Gasteiger partial charge in [-0.05, 0) is 49.4 Å². The summed E-state index contributed by atoms with van der Waals surface area (Å²) >= 11 is 0. The van der Waals surface area contributed by atoms with Crippen LogP contribution in [0, 0.1) is 12.8 Å². The largest absolute Gasteiger partial charge is 0.493 e. The fourth-order valence-electron chi connectivity index (χ4n) is 2.78. The van der Waals surface area contributed by atoms with Gasteiger partial charge in [-0.3, -0.25) is 4.79 Å². The molecule has 116 valence electrons.